The summed E-state index contributed by atoms with van der Waals surface area (Å²) in [6, 6.07) is 17.9. The molecule has 2 aliphatic rings. The van der Waals surface area contributed by atoms with Crippen molar-refractivity contribution in [3.8, 4) is 22.6 Å². The van der Waals surface area contributed by atoms with Crippen LogP contribution in [0, 0.1) is 5.82 Å². The number of hydrogen-bond acceptors (Lipinski definition) is 4. The number of carbonyl (C=O) groups excluding carboxylic acids is 1. The Morgan fingerprint density at radius 3 is 2.45 bits per heavy atom. The Morgan fingerprint density at radius 2 is 1.76 bits per heavy atom. The van der Waals surface area contributed by atoms with Crippen molar-refractivity contribution in [2.24, 2.45) is 0 Å². The number of anilines is 1. The molecule has 0 radical (unpaired) electrons. The van der Waals surface area contributed by atoms with Gasteiger partial charge in [-0.15, -0.1) is 0 Å². The van der Waals surface area contributed by atoms with Crippen LogP contribution in [0.1, 0.15) is 93.5 Å². The Balaban J connectivity index is 1.40. The first-order chi connectivity index (χ1) is 20.4. The van der Waals surface area contributed by atoms with Crippen molar-refractivity contribution >= 4 is 23.4 Å². The molecule has 3 aromatic carbocycles. The van der Waals surface area contributed by atoms with E-state index in [-0.39, 0.29) is 23.9 Å². The summed E-state index contributed by atoms with van der Waals surface area (Å²) in [5.41, 5.74) is 4.03. The first-order valence-electron chi connectivity index (χ1n) is 15.5. The number of benzene rings is 3. The predicted octanol–water partition coefficient (Wildman–Crippen LogP) is 9.36. The van der Waals surface area contributed by atoms with Crippen molar-refractivity contribution < 1.29 is 18.7 Å². The monoisotopic (exact) mass is 592 g/mol. The molecule has 5 nitrogen and oxygen atoms in total. The van der Waals surface area contributed by atoms with Gasteiger partial charge in [0.05, 0.1) is 12.6 Å². The molecule has 5 rings (SSSR count). The molecule has 3 aromatic rings. The zero-order valence-electron chi connectivity index (χ0n) is 24.7. The highest BCUT2D eigenvalue weighted by molar-refractivity contribution is 6.13. The molecular weight excluding hydrogens is 551 g/mol. The number of ether oxygens (including phenoxy) is 2. The van der Waals surface area contributed by atoms with Crippen LogP contribution < -0.4 is 14.8 Å². The zero-order valence-corrected chi connectivity index (χ0v) is 25.5. The number of rotatable bonds is 11. The van der Waals surface area contributed by atoms with Crippen LogP contribution in [-0.4, -0.2) is 35.6 Å². The van der Waals surface area contributed by atoms with E-state index in [0.29, 0.717) is 23.7 Å². The van der Waals surface area contributed by atoms with E-state index < -0.39 is 0 Å². The third-order valence-corrected chi connectivity index (χ3v) is 8.77. The van der Waals surface area contributed by atoms with E-state index in [1.807, 2.05) is 36.4 Å². The van der Waals surface area contributed by atoms with Crippen LogP contribution in [-0.2, 0) is 0 Å². The van der Waals surface area contributed by atoms with Gasteiger partial charge in [0.1, 0.15) is 23.4 Å². The number of nitrogens with zero attached hydrogens (tertiary/aromatic N) is 1. The molecule has 1 aliphatic heterocycles. The Labute approximate surface area is 254 Å². The van der Waals surface area contributed by atoms with Crippen LogP contribution in [0.2, 0.25) is 0 Å². The lowest BCUT2D eigenvalue weighted by Crippen LogP contribution is -2.21. The molecule has 0 aromatic heterocycles. The van der Waals surface area contributed by atoms with E-state index >= 15 is 0 Å². The molecular formula is C35H42ClFN2O3. The second-order valence-corrected chi connectivity index (χ2v) is 12.1. The van der Waals surface area contributed by atoms with Gasteiger partial charge in [0, 0.05) is 23.4 Å². The van der Waals surface area contributed by atoms with Gasteiger partial charge in [0.25, 0.3) is 5.91 Å². The van der Waals surface area contributed by atoms with Gasteiger partial charge < -0.3 is 14.8 Å². The quantitative estimate of drug-likeness (QED) is 0.225. The van der Waals surface area contributed by atoms with Gasteiger partial charge in [-0.3, -0.25) is 4.79 Å². The smallest absolute Gasteiger partial charge is 0.255 e. The molecule has 2 fully saturated rings. The van der Waals surface area contributed by atoms with E-state index in [1.165, 1.54) is 31.4 Å². The maximum Gasteiger partial charge on any atom is 0.255 e. The standard InChI is InChI=1S/C35H42ClFN2O3/c1-3-8-29(4-2)41-34-18-16-28(22-32(34)25-11-14-27(37)15-12-25)38-35(40)26-13-17-33(42-30-19-20-39(36)23-30)31(21-26)24-9-6-5-7-10-24/h11-18,21-22,24,29-30H,3-10,19-20,23H2,1-2H3,(H,38,40)/t29-,30+/m1/s1. The average Bonchev–Trinajstić information content (AvgIpc) is 3.42. The van der Waals surface area contributed by atoms with Crippen LogP contribution >= 0.6 is 11.8 Å². The van der Waals surface area contributed by atoms with Gasteiger partial charge in [0.2, 0.25) is 0 Å². The molecule has 1 amide bonds. The summed E-state index contributed by atoms with van der Waals surface area (Å²) in [7, 11) is 0. The zero-order chi connectivity index (χ0) is 29.5. The lowest BCUT2D eigenvalue weighted by Gasteiger charge is -2.26. The highest BCUT2D eigenvalue weighted by Crippen LogP contribution is 2.39. The molecule has 42 heavy (non-hydrogen) atoms. The molecule has 0 unspecified atom stereocenters. The lowest BCUT2D eigenvalue weighted by atomic mass is 9.83. The highest BCUT2D eigenvalue weighted by atomic mass is 35.5. The molecule has 1 saturated carbocycles. The summed E-state index contributed by atoms with van der Waals surface area (Å²) in [6.45, 7) is 5.77. The first kappa shape index (κ1) is 30.4. The van der Waals surface area contributed by atoms with Gasteiger partial charge in [-0.25, -0.2) is 8.81 Å². The summed E-state index contributed by atoms with van der Waals surface area (Å²) >= 11 is 6.19. The fourth-order valence-electron chi connectivity index (χ4n) is 6.11. The second-order valence-electron chi connectivity index (χ2n) is 11.6. The van der Waals surface area contributed by atoms with Crippen LogP contribution in [0.5, 0.6) is 11.5 Å². The van der Waals surface area contributed by atoms with Gasteiger partial charge in [0.15, 0.2) is 0 Å². The maximum atomic E-state index is 13.7. The maximum absolute atomic E-state index is 13.7. The van der Waals surface area contributed by atoms with Crippen molar-refractivity contribution in [3.63, 3.8) is 0 Å². The van der Waals surface area contributed by atoms with Crippen LogP contribution in [0.4, 0.5) is 10.1 Å². The number of amides is 1. The van der Waals surface area contributed by atoms with Crippen LogP contribution in [0.15, 0.2) is 60.7 Å². The first-order valence-corrected chi connectivity index (χ1v) is 15.9. The molecule has 224 valence electrons. The van der Waals surface area contributed by atoms with Crippen molar-refractivity contribution in [2.45, 2.75) is 89.8 Å². The molecule has 1 heterocycles. The Morgan fingerprint density at radius 1 is 1.00 bits per heavy atom. The molecule has 0 bridgehead atoms. The Bertz CT molecular complexity index is 1340. The molecule has 0 spiro atoms. The van der Waals surface area contributed by atoms with Gasteiger partial charge in [-0.05, 0) is 109 Å². The van der Waals surface area contributed by atoms with Gasteiger partial charge >= 0.3 is 0 Å². The van der Waals surface area contributed by atoms with E-state index in [4.69, 9.17) is 21.3 Å². The Hall–Kier alpha value is -3.09. The molecule has 7 heteroatoms. The third kappa shape index (κ3) is 7.64. The summed E-state index contributed by atoms with van der Waals surface area (Å²) in [4.78, 5) is 13.6. The summed E-state index contributed by atoms with van der Waals surface area (Å²) in [5.74, 6) is 1.50. The van der Waals surface area contributed by atoms with E-state index in [0.717, 1.165) is 73.3 Å². The van der Waals surface area contributed by atoms with Crippen LogP contribution in [0.25, 0.3) is 11.1 Å². The van der Waals surface area contributed by atoms with E-state index in [1.54, 1.807) is 16.6 Å². The number of nitrogens with one attached hydrogen (secondary N) is 1. The van der Waals surface area contributed by atoms with E-state index in [9.17, 15) is 9.18 Å². The number of hydrogen-bond donors (Lipinski definition) is 1. The topological polar surface area (TPSA) is 50.8 Å². The molecule has 1 aliphatic carbocycles. The number of halogens is 2. The summed E-state index contributed by atoms with van der Waals surface area (Å²) in [6.07, 6.45) is 9.75. The van der Waals surface area contributed by atoms with Crippen molar-refractivity contribution in [1.29, 1.82) is 0 Å². The van der Waals surface area contributed by atoms with Crippen molar-refractivity contribution in [2.75, 3.05) is 18.4 Å². The second kappa shape index (κ2) is 14.4. The fraction of sp³-hybridized carbons (Fsp3) is 0.457. The van der Waals surface area contributed by atoms with Crippen molar-refractivity contribution in [3.05, 3.63) is 77.6 Å². The third-order valence-electron chi connectivity index (χ3n) is 8.46. The minimum absolute atomic E-state index is 0.0553. The fourth-order valence-corrected chi connectivity index (χ4v) is 6.36. The normalized spacial score (nSPS) is 18.5. The molecule has 2 atom stereocenters. The van der Waals surface area contributed by atoms with Gasteiger partial charge in [-0.2, -0.15) is 0 Å². The minimum atomic E-state index is -0.294. The summed E-state index contributed by atoms with van der Waals surface area (Å²) < 4.78 is 28.3. The lowest BCUT2D eigenvalue weighted by molar-refractivity contribution is 0.102. The van der Waals surface area contributed by atoms with Crippen LogP contribution in [0.3, 0.4) is 0 Å². The SMILES string of the molecule is CCC[C@@H](CC)Oc1ccc(NC(=O)c2ccc(O[C@H]3CCN(Cl)C3)c(C3CCCCC3)c2)cc1-c1ccc(F)cc1. The predicted molar refractivity (Wildman–Crippen MR) is 168 cm³/mol. The average molecular weight is 593 g/mol. The number of carbonyl (C=O) groups is 1. The largest absolute Gasteiger partial charge is 0.490 e. The molecule has 1 saturated heterocycles. The van der Waals surface area contributed by atoms with Gasteiger partial charge in [-0.1, -0.05) is 51.7 Å². The Kier molecular flexibility index (Phi) is 10.4. The summed E-state index contributed by atoms with van der Waals surface area (Å²) in [5, 5.41) is 3.09. The van der Waals surface area contributed by atoms with Crippen molar-refractivity contribution in [1.82, 2.24) is 4.42 Å². The highest BCUT2D eigenvalue weighted by Gasteiger charge is 2.26. The molecule has 1 N–H and O–H groups in total. The van der Waals surface area contributed by atoms with E-state index in [2.05, 4.69) is 19.2 Å². The minimum Gasteiger partial charge on any atom is -0.490 e.